The van der Waals surface area contributed by atoms with Crippen LogP contribution in [0.4, 0.5) is 10.5 Å². The molecule has 2 heterocycles. The molecule has 0 atom stereocenters. The summed E-state index contributed by atoms with van der Waals surface area (Å²) in [6, 6.07) is 4.22. The highest BCUT2D eigenvalue weighted by Crippen LogP contribution is 2.38. The number of sulfonamides is 1. The molecule has 2 aromatic rings. The Morgan fingerprint density at radius 1 is 1.18 bits per heavy atom. The van der Waals surface area contributed by atoms with Gasteiger partial charge in [0.25, 0.3) is 10.0 Å². The summed E-state index contributed by atoms with van der Waals surface area (Å²) in [5.74, 6) is 0. The molecule has 0 radical (unpaired) electrons. The first-order valence-corrected chi connectivity index (χ1v) is 9.27. The van der Waals surface area contributed by atoms with Crippen LogP contribution in [0.1, 0.15) is 5.56 Å². The Balaban J connectivity index is 2.10. The monoisotopic (exact) mass is 376 g/mol. The van der Waals surface area contributed by atoms with Gasteiger partial charge >= 0.3 is 6.03 Å². The first-order valence-electron chi connectivity index (χ1n) is 6.13. The summed E-state index contributed by atoms with van der Waals surface area (Å²) in [4.78, 5) is 13.8. The number of rotatable bonds is 2. The number of carbonyl (C=O) groups is 1. The lowest BCUT2D eigenvalue weighted by atomic mass is 10.2. The van der Waals surface area contributed by atoms with E-state index in [1.165, 1.54) is 28.7 Å². The van der Waals surface area contributed by atoms with E-state index in [-0.39, 0.29) is 11.4 Å². The highest BCUT2D eigenvalue weighted by molar-refractivity contribution is 7.90. The maximum Gasteiger partial charge on any atom is 0.338 e. The normalized spacial score (nSPS) is 16.8. The molecule has 9 heteroatoms. The second-order valence-electron chi connectivity index (χ2n) is 4.67. The van der Waals surface area contributed by atoms with Crippen molar-refractivity contribution in [3.63, 3.8) is 0 Å². The molecule has 0 spiro atoms. The number of benzene rings is 1. The lowest BCUT2D eigenvalue weighted by molar-refractivity contribution is 0.228. The second-order valence-corrected chi connectivity index (χ2v) is 8.06. The zero-order valence-corrected chi connectivity index (χ0v) is 14.4. The molecular formula is C13H10Cl2N2O3S2. The third kappa shape index (κ3) is 2.28. The number of hydrogen-bond acceptors (Lipinski definition) is 4. The molecule has 116 valence electrons. The van der Waals surface area contributed by atoms with Gasteiger partial charge in [0, 0.05) is 33.4 Å². The van der Waals surface area contributed by atoms with Crippen LogP contribution >= 0.6 is 34.5 Å². The van der Waals surface area contributed by atoms with Crippen LogP contribution in [0.15, 0.2) is 33.9 Å². The van der Waals surface area contributed by atoms with Gasteiger partial charge in [0.15, 0.2) is 0 Å². The summed E-state index contributed by atoms with van der Waals surface area (Å²) in [5, 5.41) is 3.77. The highest BCUT2D eigenvalue weighted by Gasteiger charge is 2.41. The smallest absolute Gasteiger partial charge is 0.294 e. The molecule has 0 fully saturated rings. The van der Waals surface area contributed by atoms with Gasteiger partial charge in [-0.2, -0.15) is 0 Å². The minimum Gasteiger partial charge on any atom is -0.294 e. The number of urea groups is 1. The maximum atomic E-state index is 12.6. The van der Waals surface area contributed by atoms with Gasteiger partial charge in [-0.1, -0.05) is 29.3 Å². The second kappa shape index (κ2) is 5.42. The van der Waals surface area contributed by atoms with Crippen molar-refractivity contribution in [1.29, 1.82) is 0 Å². The number of fused-ring (bicyclic) bond motifs is 1. The van der Waals surface area contributed by atoms with Gasteiger partial charge in [0.2, 0.25) is 0 Å². The molecule has 1 aromatic heterocycles. The Hall–Kier alpha value is -1.28. The van der Waals surface area contributed by atoms with Crippen molar-refractivity contribution in [2.75, 3.05) is 11.9 Å². The zero-order chi connectivity index (χ0) is 16.1. The van der Waals surface area contributed by atoms with E-state index in [0.29, 0.717) is 21.3 Å². The summed E-state index contributed by atoms with van der Waals surface area (Å²) >= 11 is 13.4. The van der Waals surface area contributed by atoms with Crippen molar-refractivity contribution in [3.8, 4) is 0 Å². The van der Waals surface area contributed by atoms with E-state index in [0.717, 1.165) is 4.31 Å². The van der Waals surface area contributed by atoms with E-state index in [1.54, 1.807) is 23.6 Å². The Bertz CT molecular complexity index is 844. The SMILES string of the molecule is CN1C(=O)N(Cc2c(Cl)cccc2Cl)S(=O)(=O)c2cscc21. The van der Waals surface area contributed by atoms with E-state index in [2.05, 4.69) is 0 Å². The Kier molecular flexibility index (Phi) is 3.84. The lowest BCUT2D eigenvalue weighted by Gasteiger charge is -2.32. The third-order valence-corrected chi connectivity index (χ3v) is 6.74. The molecule has 5 nitrogen and oxygen atoms in total. The molecule has 0 N–H and O–H groups in total. The number of hydrogen-bond donors (Lipinski definition) is 0. The minimum absolute atomic E-state index is 0.114. The minimum atomic E-state index is -3.92. The van der Waals surface area contributed by atoms with Crippen LogP contribution in [-0.4, -0.2) is 25.8 Å². The summed E-state index contributed by atoms with van der Waals surface area (Å²) in [5.41, 5.74) is 0.784. The van der Waals surface area contributed by atoms with Gasteiger partial charge in [0.05, 0.1) is 12.2 Å². The maximum absolute atomic E-state index is 12.6. The van der Waals surface area contributed by atoms with Gasteiger partial charge in [-0.25, -0.2) is 17.5 Å². The Morgan fingerprint density at radius 3 is 2.45 bits per heavy atom. The number of carbonyl (C=O) groups excluding carboxylic acids is 1. The van der Waals surface area contributed by atoms with Crippen LogP contribution in [0.2, 0.25) is 10.0 Å². The van der Waals surface area contributed by atoms with Crippen LogP contribution < -0.4 is 4.90 Å². The third-order valence-electron chi connectivity index (χ3n) is 3.40. The average Bonchev–Trinajstić information content (AvgIpc) is 2.94. The van der Waals surface area contributed by atoms with Gasteiger partial charge in [-0.15, -0.1) is 11.3 Å². The fourth-order valence-corrected chi connectivity index (χ4v) is 5.48. The number of amides is 2. The number of anilines is 1. The van der Waals surface area contributed by atoms with Crippen molar-refractivity contribution in [2.45, 2.75) is 11.4 Å². The topological polar surface area (TPSA) is 57.7 Å². The van der Waals surface area contributed by atoms with E-state index in [9.17, 15) is 13.2 Å². The zero-order valence-electron chi connectivity index (χ0n) is 11.3. The van der Waals surface area contributed by atoms with Crippen molar-refractivity contribution in [2.24, 2.45) is 0 Å². The van der Waals surface area contributed by atoms with Crippen LogP contribution in [0.3, 0.4) is 0 Å². The molecule has 0 aliphatic carbocycles. The molecule has 0 unspecified atom stereocenters. The van der Waals surface area contributed by atoms with E-state index < -0.39 is 16.1 Å². The van der Waals surface area contributed by atoms with Crippen molar-refractivity contribution in [1.82, 2.24) is 4.31 Å². The number of thiophene rings is 1. The Labute approximate surface area is 141 Å². The number of nitrogens with zero attached hydrogens (tertiary/aromatic N) is 2. The summed E-state index contributed by atoms with van der Waals surface area (Å²) < 4.78 is 26.1. The molecule has 3 rings (SSSR count). The standard InChI is InChI=1S/C13H10Cl2N2O3S2/c1-16-11-6-21-7-12(11)22(19,20)17(13(16)18)5-8-9(14)3-2-4-10(8)15/h2-4,6-7H,5H2,1H3. The van der Waals surface area contributed by atoms with Gasteiger partial charge in [-0.05, 0) is 12.1 Å². The molecule has 0 saturated carbocycles. The highest BCUT2D eigenvalue weighted by atomic mass is 35.5. The van der Waals surface area contributed by atoms with Gasteiger partial charge in [0.1, 0.15) is 4.90 Å². The van der Waals surface area contributed by atoms with Crippen LogP contribution in [-0.2, 0) is 16.6 Å². The van der Waals surface area contributed by atoms with Crippen LogP contribution in [0.25, 0.3) is 0 Å². The summed E-state index contributed by atoms with van der Waals surface area (Å²) in [7, 11) is -2.39. The average molecular weight is 377 g/mol. The van der Waals surface area contributed by atoms with Crippen LogP contribution in [0, 0.1) is 0 Å². The predicted octanol–water partition coefficient (Wildman–Crippen LogP) is 3.82. The number of halogens is 2. The molecule has 1 aromatic carbocycles. The summed E-state index contributed by atoms with van der Waals surface area (Å²) in [6.45, 7) is -0.209. The first-order chi connectivity index (χ1) is 10.3. The van der Waals surface area contributed by atoms with E-state index in [1.807, 2.05) is 0 Å². The van der Waals surface area contributed by atoms with Gasteiger partial charge in [-0.3, -0.25) is 4.90 Å². The van der Waals surface area contributed by atoms with Gasteiger partial charge < -0.3 is 0 Å². The molecule has 2 amide bonds. The lowest BCUT2D eigenvalue weighted by Crippen LogP contribution is -2.48. The fraction of sp³-hybridized carbons (Fsp3) is 0.154. The van der Waals surface area contributed by atoms with Crippen molar-refractivity contribution < 1.29 is 13.2 Å². The first kappa shape index (κ1) is 15.6. The van der Waals surface area contributed by atoms with E-state index >= 15 is 0 Å². The molecule has 22 heavy (non-hydrogen) atoms. The van der Waals surface area contributed by atoms with Crippen LogP contribution in [0.5, 0.6) is 0 Å². The largest absolute Gasteiger partial charge is 0.338 e. The summed E-state index contributed by atoms with van der Waals surface area (Å²) in [6.07, 6.45) is 0. The van der Waals surface area contributed by atoms with Crippen molar-refractivity contribution >= 4 is 56.3 Å². The molecule has 0 bridgehead atoms. The predicted molar refractivity (Wildman–Crippen MR) is 87.3 cm³/mol. The molecular weight excluding hydrogens is 367 g/mol. The molecule has 1 aliphatic rings. The van der Waals surface area contributed by atoms with Crippen molar-refractivity contribution in [3.05, 3.63) is 44.6 Å². The quantitative estimate of drug-likeness (QED) is 0.800. The molecule has 1 aliphatic heterocycles. The Morgan fingerprint density at radius 2 is 1.82 bits per heavy atom. The fourth-order valence-electron chi connectivity index (χ4n) is 2.19. The van der Waals surface area contributed by atoms with E-state index in [4.69, 9.17) is 23.2 Å². The molecule has 0 saturated heterocycles.